The summed E-state index contributed by atoms with van der Waals surface area (Å²) in [5.41, 5.74) is 3.83. The summed E-state index contributed by atoms with van der Waals surface area (Å²) in [6, 6.07) is 20.4. The molecule has 0 unspecified atom stereocenters. The van der Waals surface area contributed by atoms with Crippen LogP contribution in [-0.2, 0) is 26.0 Å². The van der Waals surface area contributed by atoms with Gasteiger partial charge in [0.2, 0.25) is 11.8 Å². The molecule has 166 valence electrons. The highest BCUT2D eigenvalue weighted by molar-refractivity contribution is 7.92. The summed E-state index contributed by atoms with van der Waals surface area (Å²) >= 11 is 0. The van der Waals surface area contributed by atoms with Crippen LogP contribution < -0.4 is 15.4 Å². The lowest BCUT2D eigenvalue weighted by Gasteiger charge is -2.11. The second-order valence-corrected chi connectivity index (χ2v) is 9.10. The number of hydrogen-bond acceptors (Lipinski definition) is 4. The van der Waals surface area contributed by atoms with Crippen LogP contribution in [0.3, 0.4) is 0 Å². The number of benzene rings is 3. The average Bonchev–Trinajstić information content (AvgIpc) is 2.76. The fourth-order valence-electron chi connectivity index (χ4n) is 2.96. The number of carbonyl (C=O) groups is 2. The zero-order valence-electron chi connectivity index (χ0n) is 17.9. The van der Waals surface area contributed by atoms with Crippen molar-refractivity contribution < 1.29 is 18.0 Å². The highest BCUT2D eigenvalue weighted by atomic mass is 32.2. The van der Waals surface area contributed by atoms with Gasteiger partial charge in [-0.25, -0.2) is 8.42 Å². The maximum Gasteiger partial charge on any atom is 0.261 e. The Hall–Kier alpha value is -3.65. The first-order valence-corrected chi connectivity index (χ1v) is 11.5. The van der Waals surface area contributed by atoms with Crippen molar-refractivity contribution in [2.45, 2.75) is 25.2 Å². The van der Waals surface area contributed by atoms with Crippen LogP contribution in [0.4, 0.5) is 11.4 Å². The van der Waals surface area contributed by atoms with Crippen molar-refractivity contribution in [1.82, 2.24) is 5.32 Å². The van der Waals surface area contributed by atoms with Crippen molar-refractivity contribution >= 4 is 33.2 Å². The summed E-state index contributed by atoms with van der Waals surface area (Å²) < 4.78 is 27.8. The Morgan fingerprint density at radius 2 is 1.44 bits per heavy atom. The van der Waals surface area contributed by atoms with Gasteiger partial charge >= 0.3 is 0 Å². The highest BCUT2D eigenvalue weighted by Crippen LogP contribution is 2.20. The fourth-order valence-corrected chi connectivity index (χ4v) is 4.01. The van der Waals surface area contributed by atoms with Crippen molar-refractivity contribution in [1.29, 1.82) is 0 Å². The molecule has 0 fully saturated rings. The van der Waals surface area contributed by atoms with Crippen LogP contribution in [-0.4, -0.2) is 26.8 Å². The van der Waals surface area contributed by atoms with Gasteiger partial charge in [0, 0.05) is 11.4 Å². The topological polar surface area (TPSA) is 104 Å². The molecule has 0 aliphatic rings. The third-order valence-corrected chi connectivity index (χ3v) is 6.26. The van der Waals surface area contributed by atoms with Gasteiger partial charge in [-0.1, -0.05) is 36.4 Å². The number of rotatable bonds is 8. The van der Waals surface area contributed by atoms with Crippen molar-refractivity contribution in [2.24, 2.45) is 0 Å². The van der Waals surface area contributed by atoms with Gasteiger partial charge in [0.05, 0.1) is 17.9 Å². The van der Waals surface area contributed by atoms with Gasteiger partial charge in [0.25, 0.3) is 10.0 Å². The third-order valence-electron chi connectivity index (χ3n) is 4.86. The van der Waals surface area contributed by atoms with Gasteiger partial charge in [0.15, 0.2) is 0 Å². The molecule has 2 amide bonds. The molecule has 0 spiro atoms. The van der Waals surface area contributed by atoms with Gasteiger partial charge in [-0.05, 0) is 66.9 Å². The summed E-state index contributed by atoms with van der Waals surface area (Å²) in [4.78, 5) is 24.1. The first-order chi connectivity index (χ1) is 15.2. The van der Waals surface area contributed by atoms with Gasteiger partial charge in [-0.15, -0.1) is 0 Å². The summed E-state index contributed by atoms with van der Waals surface area (Å²) in [5, 5.41) is 5.20. The number of hydrogen-bond donors (Lipinski definition) is 3. The smallest absolute Gasteiger partial charge is 0.261 e. The van der Waals surface area contributed by atoms with Crippen LogP contribution in [0.2, 0.25) is 0 Å². The number of aryl methyl sites for hydroxylation is 2. The maximum absolute atomic E-state index is 12.6. The van der Waals surface area contributed by atoms with Gasteiger partial charge in [-0.3, -0.25) is 14.3 Å². The normalized spacial score (nSPS) is 10.9. The van der Waals surface area contributed by atoms with Crippen molar-refractivity contribution in [3.8, 4) is 0 Å². The molecule has 0 aromatic heterocycles. The van der Waals surface area contributed by atoms with E-state index in [1.165, 1.54) is 24.3 Å². The van der Waals surface area contributed by atoms with E-state index >= 15 is 0 Å². The quantitative estimate of drug-likeness (QED) is 0.488. The van der Waals surface area contributed by atoms with E-state index in [4.69, 9.17) is 0 Å². The van der Waals surface area contributed by atoms with Gasteiger partial charge in [0.1, 0.15) is 0 Å². The monoisotopic (exact) mass is 451 g/mol. The molecule has 32 heavy (non-hydrogen) atoms. The lowest BCUT2D eigenvalue weighted by molar-refractivity contribution is -0.123. The van der Waals surface area contributed by atoms with Gasteiger partial charge < -0.3 is 10.6 Å². The summed E-state index contributed by atoms with van der Waals surface area (Å²) in [6.45, 7) is 3.68. The molecule has 0 heterocycles. The molecule has 3 aromatic carbocycles. The number of sulfonamides is 1. The SMILES string of the molecule is Cc1ccc(NS(=O)(=O)c2ccc(NC(=O)CNC(=O)Cc3ccccc3)cc2)cc1C. The molecule has 0 aliphatic heterocycles. The third kappa shape index (κ3) is 6.42. The van der Waals surface area contributed by atoms with Crippen LogP contribution in [0.15, 0.2) is 77.7 Å². The van der Waals surface area contributed by atoms with Crippen molar-refractivity contribution in [2.75, 3.05) is 16.6 Å². The average molecular weight is 452 g/mol. The Morgan fingerprint density at radius 3 is 2.09 bits per heavy atom. The molecule has 0 saturated carbocycles. The zero-order valence-corrected chi connectivity index (χ0v) is 18.7. The predicted octanol–water partition coefficient (Wildman–Crippen LogP) is 3.40. The Bertz CT molecular complexity index is 1210. The Morgan fingerprint density at radius 1 is 0.781 bits per heavy atom. The van der Waals surface area contributed by atoms with Crippen LogP contribution in [0, 0.1) is 13.8 Å². The first kappa shape index (κ1) is 23.0. The highest BCUT2D eigenvalue weighted by Gasteiger charge is 2.15. The van der Waals surface area contributed by atoms with E-state index in [-0.39, 0.29) is 23.8 Å². The van der Waals surface area contributed by atoms with Crippen LogP contribution in [0.5, 0.6) is 0 Å². The molecular weight excluding hydrogens is 426 g/mol. The summed E-state index contributed by atoms with van der Waals surface area (Å²) in [6.07, 6.45) is 0.189. The maximum atomic E-state index is 12.6. The van der Waals surface area contributed by atoms with E-state index in [9.17, 15) is 18.0 Å². The van der Waals surface area contributed by atoms with Crippen LogP contribution >= 0.6 is 0 Å². The Balaban J connectivity index is 1.53. The minimum Gasteiger partial charge on any atom is -0.347 e. The molecule has 0 radical (unpaired) electrons. The minimum atomic E-state index is -3.76. The lowest BCUT2D eigenvalue weighted by Crippen LogP contribution is -2.33. The molecule has 0 saturated heterocycles. The molecule has 0 bridgehead atoms. The lowest BCUT2D eigenvalue weighted by atomic mass is 10.1. The second kappa shape index (κ2) is 10.1. The van der Waals surface area contributed by atoms with Gasteiger partial charge in [-0.2, -0.15) is 0 Å². The number of nitrogens with one attached hydrogen (secondary N) is 3. The van der Waals surface area contributed by atoms with E-state index in [1.807, 2.05) is 50.2 Å². The van der Waals surface area contributed by atoms with E-state index in [1.54, 1.807) is 12.1 Å². The molecule has 8 heteroatoms. The fraction of sp³-hybridized carbons (Fsp3) is 0.167. The minimum absolute atomic E-state index is 0.0740. The molecule has 3 N–H and O–H groups in total. The van der Waals surface area contributed by atoms with E-state index < -0.39 is 15.9 Å². The van der Waals surface area contributed by atoms with Crippen molar-refractivity contribution in [3.05, 3.63) is 89.5 Å². The predicted molar refractivity (Wildman–Crippen MR) is 125 cm³/mol. The van der Waals surface area contributed by atoms with Crippen LogP contribution in [0.1, 0.15) is 16.7 Å². The number of anilines is 2. The molecule has 0 aliphatic carbocycles. The summed E-state index contributed by atoms with van der Waals surface area (Å²) in [7, 11) is -3.76. The molecular formula is C24H25N3O4S. The molecule has 0 atom stereocenters. The zero-order chi connectivity index (χ0) is 23.1. The van der Waals surface area contributed by atoms with E-state index in [2.05, 4.69) is 15.4 Å². The summed E-state index contributed by atoms with van der Waals surface area (Å²) in [5.74, 6) is -0.666. The van der Waals surface area contributed by atoms with Crippen molar-refractivity contribution in [3.63, 3.8) is 0 Å². The molecule has 7 nitrogen and oxygen atoms in total. The second-order valence-electron chi connectivity index (χ2n) is 7.42. The van der Waals surface area contributed by atoms with Crippen LogP contribution in [0.25, 0.3) is 0 Å². The Kier molecular flexibility index (Phi) is 7.27. The Labute approximate surface area is 187 Å². The van der Waals surface area contributed by atoms with E-state index in [0.717, 1.165) is 16.7 Å². The molecule has 3 aromatic rings. The first-order valence-electron chi connectivity index (χ1n) is 10.0. The van der Waals surface area contributed by atoms with E-state index in [0.29, 0.717) is 11.4 Å². The molecule has 3 rings (SSSR count). The standard InChI is InChI=1S/C24H25N3O4S/c1-17-8-9-21(14-18(17)2)27-32(30,31)22-12-10-20(11-13-22)26-24(29)16-25-23(28)15-19-6-4-3-5-7-19/h3-14,27H,15-16H2,1-2H3,(H,25,28)(H,26,29). The largest absolute Gasteiger partial charge is 0.347 e. The number of carbonyl (C=O) groups excluding carboxylic acids is 2. The number of amides is 2.